The van der Waals surface area contributed by atoms with Crippen LogP contribution in [0.3, 0.4) is 0 Å². The van der Waals surface area contributed by atoms with Crippen molar-refractivity contribution in [1.29, 1.82) is 0 Å². The van der Waals surface area contributed by atoms with Gasteiger partial charge in [-0.2, -0.15) is 0 Å². The zero-order valence-electron chi connectivity index (χ0n) is 20.0. The van der Waals surface area contributed by atoms with Crippen LogP contribution in [0.2, 0.25) is 0 Å². The van der Waals surface area contributed by atoms with E-state index in [1.807, 2.05) is 72.5 Å². The molecule has 0 aliphatic carbocycles. The van der Waals surface area contributed by atoms with Gasteiger partial charge in [-0.3, -0.25) is 9.59 Å². The lowest BCUT2D eigenvalue weighted by Gasteiger charge is -2.37. The van der Waals surface area contributed by atoms with Crippen LogP contribution >= 0.6 is 0 Å². The van der Waals surface area contributed by atoms with Crippen LogP contribution < -0.4 is 0 Å². The predicted molar refractivity (Wildman–Crippen MR) is 130 cm³/mol. The largest absolute Gasteiger partial charge is 0.386 e. The van der Waals surface area contributed by atoms with Crippen molar-refractivity contribution in [3.05, 3.63) is 89.3 Å². The van der Waals surface area contributed by atoms with Crippen molar-refractivity contribution >= 4 is 11.8 Å². The molecule has 0 saturated carbocycles. The topological polar surface area (TPSA) is 86.9 Å². The van der Waals surface area contributed by atoms with E-state index in [0.29, 0.717) is 45.3 Å². The molecule has 3 heterocycles. The summed E-state index contributed by atoms with van der Waals surface area (Å²) < 4.78 is 5.24. The standard InChI is InChI=1S/C28H31N3O4/c1-2-22-17-24(35-29-22)26(33)30-15-13-28(14-16-30)18-23(25(32)21-11-7-4-8-12-21)31(27(28)34)19-20-9-5-3-6-10-20/h3-12,17,23,25,32H,2,13-16,18-19H2,1H3/t23-,25+/m0/s1. The summed E-state index contributed by atoms with van der Waals surface area (Å²) in [5.41, 5.74) is 2.02. The molecule has 5 rings (SSSR count). The maximum atomic E-state index is 13.9. The van der Waals surface area contributed by atoms with E-state index in [9.17, 15) is 14.7 Å². The highest BCUT2D eigenvalue weighted by atomic mass is 16.5. The van der Waals surface area contributed by atoms with Gasteiger partial charge in [-0.05, 0) is 36.8 Å². The van der Waals surface area contributed by atoms with Crippen LogP contribution in [0.25, 0.3) is 0 Å². The van der Waals surface area contributed by atoms with Crippen molar-refractivity contribution in [3.63, 3.8) is 0 Å². The van der Waals surface area contributed by atoms with Gasteiger partial charge in [0, 0.05) is 25.7 Å². The molecule has 0 radical (unpaired) electrons. The first-order valence-corrected chi connectivity index (χ1v) is 12.3. The Bertz CT molecular complexity index is 1170. The van der Waals surface area contributed by atoms with Gasteiger partial charge in [0.25, 0.3) is 5.91 Å². The zero-order chi connectivity index (χ0) is 24.4. The molecule has 35 heavy (non-hydrogen) atoms. The SMILES string of the molecule is CCc1cc(C(=O)N2CCC3(CC2)C[C@@H]([C@H](O)c2ccccc2)N(Cc2ccccc2)C3=O)on1. The zero-order valence-corrected chi connectivity index (χ0v) is 20.0. The lowest BCUT2D eigenvalue weighted by molar-refractivity contribution is -0.140. The Morgan fingerprint density at radius 1 is 1.11 bits per heavy atom. The summed E-state index contributed by atoms with van der Waals surface area (Å²) in [6, 6.07) is 20.8. The van der Waals surface area contributed by atoms with Gasteiger partial charge in [-0.15, -0.1) is 0 Å². The second-order valence-corrected chi connectivity index (χ2v) is 9.65. The number of aliphatic hydroxyl groups is 1. The van der Waals surface area contributed by atoms with Crippen LogP contribution in [-0.2, 0) is 17.8 Å². The van der Waals surface area contributed by atoms with Gasteiger partial charge >= 0.3 is 0 Å². The van der Waals surface area contributed by atoms with Crippen LogP contribution in [0.1, 0.15) is 59.7 Å². The molecule has 1 aromatic heterocycles. The summed E-state index contributed by atoms with van der Waals surface area (Å²) in [6.45, 7) is 3.36. The number of carbonyl (C=O) groups is 2. The molecule has 0 bridgehead atoms. The Morgan fingerprint density at radius 2 is 1.77 bits per heavy atom. The predicted octanol–water partition coefficient (Wildman–Crippen LogP) is 3.99. The summed E-state index contributed by atoms with van der Waals surface area (Å²) in [6.07, 6.45) is 1.63. The van der Waals surface area contributed by atoms with Crippen LogP contribution in [0, 0.1) is 5.41 Å². The number of rotatable bonds is 6. The Morgan fingerprint density at radius 3 is 2.40 bits per heavy atom. The minimum absolute atomic E-state index is 0.0707. The number of hydrogen-bond acceptors (Lipinski definition) is 5. The number of aryl methyl sites for hydroxylation is 1. The quantitative estimate of drug-likeness (QED) is 0.585. The number of aliphatic hydroxyl groups excluding tert-OH is 1. The lowest BCUT2D eigenvalue weighted by atomic mass is 9.75. The maximum absolute atomic E-state index is 13.9. The van der Waals surface area contributed by atoms with Crippen LogP contribution in [0.15, 0.2) is 71.3 Å². The number of likely N-dealkylation sites (tertiary alicyclic amines) is 2. The summed E-state index contributed by atoms with van der Waals surface area (Å²) >= 11 is 0. The molecule has 2 amide bonds. The average Bonchev–Trinajstić information content (AvgIpc) is 3.49. The number of amides is 2. The molecular formula is C28H31N3O4. The molecule has 0 unspecified atom stereocenters. The monoisotopic (exact) mass is 473 g/mol. The van der Waals surface area contributed by atoms with E-state index in [1.54, 1.807) is 11.0 Å². The number of aromatic nitrogens is 1. The first kappa shape index (κ1) is 23.3. The fraction of sp³-hybridized carbons (Fsp3) is 0.393. The van der Waals surface area contributed by atoms with Gasteiger partial charge in [0.1, 0.15) is 0 Å². The van der Waals surface area contributed by atoms with Gasteiger partial charge in [-0.1, -0.05) is 72.7 Å². The fourth-order valence-corrected chi connectivity index (χ4v) is 5.47. The van der Waals surface area contributed by atoms with E-state index >= 15 is 0 Å². The summed E-state index contributed by atoms with van der Waals surface area (Å²) in [4.78, 5) is 30.4. The van der Waals surface area contributed by atoms with Crippen LogP contribution in [-0.4, -0.2) is 51.0 Å². The van der Waals surface area contributed by atoms with Crippen molar-refractivity contribution in [1.82, 2.24) is 15.0 Å². The van der Waals surface area contributed by atoms with Gasteiger partial charge in [0.15, 0.2) is 0 Å². The maximum Gasteiger partial charge on any atom is 0.292 e. The Labute approximate surface area is 205 Å². The third-order valence-electron chi connectivity index (χ3n) is 7.56. The summed E-state index contributed by atoms with van der Waals surface area (Å²) in [7, 11) is 0. The van der Waals surface area contributed by atoms with E-state index in [2.05, 4.69) is 5.16 Å². The second-order valence-electron chi connectivity index (χ2n) is 9.65. The molecule has 182 valence electrons. The third kappa shape index (κ3) is 4.48. The third-order valence-corrected chi connectivity index (χ3v) is 7.56. The number of piperidine rings is 1. The van der Waals surface area contributed by atoms with Gasteiger partial charge < -0.3 is 19.4 Å². The highest BCUT2D eigenvalue weighted by molar-refractivity contribution is 5.92. The van der Waals surface area contributed by atoms with Crippen molar-refractivity contribution < 1.29 is 19.2 Å². The van der Waals surface area contributed by atoms with Crippen molar-refractivity contribution in [2.45, 2.75) is 51.3 Å². The van der Waals surface area contributed by atoms with Crippen molar-refractivity contribution in [2.24, 2.45) is 5.41 Å². The van der Waals surface area contributed by atoms with E-state index in [4.69, 9.17) is 4.52 Å². The van der Waals surface area contributed by atoms with Crippen molar-refractivity contribution in [2.75, 3.05) is 13.1 Å². The Kier molecular flexibility index (Phi) is 6.43. The first-order chi connectivity index (χ1) is 17.0. The fourth-order valence-electron chi connectivity index (χ4n) is 5.47. The molecule has 1 spiro atoms. The van der Waals surface area contributed by atoms with Crippen molar-refractivity contribution in [3.8, 4) is 0 Å². The second kappa shape index (κ2) is 9.66. The Balaban J connectivity index is 1.36. The van der Waals surface area contributed by atoms with Crippen LogP contribution in [0.4, 0.5) is 0 Å². The Hall–Kier alpha value is -3.45. The molecule has 2 saturated heterocycles. The minimum atomic E-state index is -0.774. The van der Waals surface area contributed by atoms with Gasteiger partial charge in [0.2, 0.25) is 11.7 Å². The smallest absolute Gasteiger partial charge is 0.292 e. The normalized spacial score (nSPS) is 20.4. The van der Waals surface area contributed by atoms with Crippen LogP contribution in [0.5, 0.6) is 0 Å². The minimum Gasteiger partial charge on any atom is -0.386 e. The summed E-state index contributed by atoms with van der Waals surface area (Å²) in [5, 5.41) is 15.3. The van der Waals surface area contributed by atoms with Gasteiger partial charge in [0.05, 0.1) is 23.3 Å². The molecule has 2 aliphatic heterocycles. The lowest BCUT2D eigenvalue weighted by Crippen LogP contribution is -2.46. The van der Waals surface area contributed by atoms with E-state index in [0.717, 1.165) is 16.8 Å². The molecule has 7 nitrogen and oxygen atoms in total. The molecule has 2 atom stereocenters. The molecule has 2 fully saturated rings. The van der Waals surface area contributed by atoms with E-state index < -0.39 is 11.5 Å². The highest BCUT2D eigenvalue weighted by Gasteiger charge is 2.54. The molecule has 3 aromatic rings. The van der Waals surface area contributed by atoms with E-state index in [1.165, 1.54) is 0 Å². The average molecular weight is 474 g/mol. The highest BCUT2D eigenvalue weighted by Crippen LogP contribution is 2.48. The molecule has 1 N–H and O–H groups in total. The number of carbonyl (C=O) groups excluding carboxylic acids is 2. The molecule has 7 heteroatoms. The van der Waals surface area contributed by atoms with E-state index in [-0.39, 0.29) is 23.6 Å². The molecule has 2 aliphatic rings. The number of hydrogen-bond donors (Lipinski definition) is 1. The molecule has 2 aromatic carbocycles. The summed E-state index contributed by atoms with van der Waals surface area (Å²) in [5.74, 6) is 0.138. The van der Waals surface area contributed by atoms with Gasteiger partial charge in [-0.25, -0.2) is 0 Å². The first-order valence-electron chi connectivity index (χ1n) is 12.3. The molecular weight excluding hydrogens is 442 g/mol. The number of nitrogens with zero attached hydrogens (tertiary/aromatic N) is 3. The number of benzene rings is 2.